The molecule has 0 N–H and O–H groups in total. The van der Waals surface area contributed by atoms with E-state index in [4.69, 9.17) is 44.9 Å². The van der Waals surface area contributed by atoms with Gasteiger partial charge in [-0.3, -0.25) is 14.4 Å². The molecule has 4 aromatic carbocycles. The second-order valence-electron chi connectivity index (χ2n) is 39.9. The topological polar surface area (TPSA) is 300 Å². The van der Waals surface area contributed by atoms with Crippen molar-refractivity contribution in [2.75, 3.05) is 54.0 Å². The minimum absolute atomic E-state index is 0.00632. The quantitative estimate of drug-likeness (QED) is 0.0343. The van der Waals surface area contributed by atoms with Crippen LogP contribution < -0.4 is 14.7 Å². The highest BCUT2D eigenvalue weighted by molar-refractivity contribution is 7.20. The minimum atomic E-state index is -0.494. The summed E-state index contributed by atoms with van der Waals surface area (Å²) in [6, 6.07) is 45.6. The van der Waals surface area contributed by atoms with Crippen LogP contribution in [0.5, 0.6) is 0 Å². The van der Waals surface area contributed by atoms with Gasteiger partial charge in [0.15, 0.2) is 50.3 Å². The SMILES string of the molecule is CCCCC(CC)CN(CC(CC)CCCC)c1nc(-c2ccccc2)c(N=C2C(C)=C(C#N)C(=O)n3nc(-c4ccccc4)nc32)s1.CCCCC(CC)CN(CC(CC)CCCC)c1nc(C(C)(C)C)c(N=C2C(C)=C(C#N)C(=O)n3nc(CC(C)(C)C)nc32)s1.CCCCN(CCCC)c1nc(-c2ccccc2)c(N=C2C(c3ccccc3)=C(C#N)C(=O)n3nc(CC(C)(C)C)nc32)s1. The summed E-state index contributed by atoms with van der Waals surface area (Å²) >= 11 is 4.74. The van der Waals surface area contributed by atoms with Crippen LogP contribution in [-0.4, -0.2) is 133 Å². The van der Waals surface area contributed by atoms with Gasteiger partial charge in [0.25, 0.3) is 17.7 Å². The average molecular weight is 1900 g/mol. The number of rotatable bonds is 42. The molecule has 0 spiro atoms. The molecule has 0 saturated heterocycles. The monoisotopic (exact) mass is 1900 g/mol. The summed E-state index contributed by atoms with van der Waals surface area (Å²) in [5.74, 6) is 3.55. The van der Waals surface area contributed by atoms with Gasteiger partial charge >= 0.3 is 0 Å². The highest BCUT2D eigenvalue weighted by Crippen LogP contribution is 2.47. The third-order valence-corrected chi connectivity index (χ3v) is 28.2. The van der Waals surface area contributed by atoms with Gasteiger partial charge in [-0.2, -0.15) is 29.8 Å². The number of carbonyl (C=O) groups excluding carboxylic acids is 3. The molecule has 0 amide bonds. The van der Waals surface area contributed by atoms with Crippen molar-refractivity contribution in [3.8, 4) is 52.1 Å². The number of aliphatic imine (C=N–C) groups is 3. The predicted molar refractivity (Wildman–Crippen MR) is 563 cm³/mol. The molecule has 24 nitrogen and oxygen atoms in total. The van der Waals surface area contributed by atoms with E-state index < -0.39 is 17.7 Å². The van der Waals surface area contributed by atoms with Gasteiger partial charge in [-0.25, -0.2) is 44.9 Å². The molecule has 0 bridgehead atoms. The number of nitriles is 3. The smallest absolute Gasteiger partial charge is 0.291 e. The molecule has 0 fully saturated rings. The molecule has 9 heterocycles. The lowest BCUT2D eigenvalue weighted by Crippen LogP contribution is -2.34. The number of hydrogen-bond acceptors (Lipinski definition) is 24. The summed E-state index contributed by atoms with van der Waals surface area (Å²) in [7, 11) is 0. The Hall–Kier alpha value is -11.7. The number of allylic oxidation sites excluding steroid dienone is 6. The van der Waals surface area contributed by atoms with Crippen LogP contribution in [0.4, 0.5) is 30.4 Å². The van der Waals surface area contributed by atoms with Gasteiger partial charge in [-0.1, -0.05) is 377 Å². The van der Waals surface area contributed by atoms with E-state index in [0.29, 0.717) is 110 Å². The van der Waals surface area contributed by atoms with Gasteiger partial charge in [0.2, 0.25) is 0 Å². The Labute approximate surface area is 825 Å². The number of nitrogens with zero attached hydrogens (tertiary/aromatic N) is 21. The highest BCUT2D eigenvalue weighted by Gasteiger charge is 2.40. The van der Waals surface area contributed by atoms with Crippen LogP contribution in [0, 0.1) is 68.5 Å². The third-order valence-electron chi connectivity index (χ3n) is 25.2. The van der Waals surface area contributed by atoms with Crippen molar-refractivity contribution in [2.24, 2.45) is 49.5 Å². The van der Waals surface area contributed by atoms with Crippen LogP contribution in [0.1, 0.15) is 329 Å². The van der Waals surface area contributed by atoms with Crippen LogP contribution in [0.25, 0.3) is 39.5 Å². The Balaban J connectivity index is 0.000000197. The summed E-state index contributed by atoms with van der Waals surface area (Å²) in [5.41, 5.74) is 8.46. The van der Waals surface area contributed by atoms with Crippen LogP contribution in [0.3, 0.4) is 0 Å². The van der Waals surface area contributed by atoms with E-state index in [-0.39, 0.29) is 33.0 Å². The lowest BCUT2D eigenvalue weighted by Gasteiger charge is -2.30. The maximum Gasteiger partial charge on any atom is 0.291 e. The summed E-state index contributed by atoms with van der Waals surface area (Å²) in [5, 5.41) is 49.1. The number of fused-ring (bicyclic) bond motifs is 3. The van der Waals surface area contributed by atoms with Crippen molar-refractivity contribution in [3.05, 3.63) is 190 Å². The van der Waals surface area contributed by atoms with E-state index in [9.17, 15) is 30.2 Å². The second kappa shape index (κ2) is 49.5. The van der Waals surface area contributed by atoms with Crippen molar-refractivity contribution >= 4 is 105 Å². The molecular weight excluding hydrogens is 1760 g/mol. The third kappa shape index (κ3) is 27.0. The van der Waals surface area contributed by atoms with E-state index >= 15 is 0 Å². The number of anilines is 3. The fourth-order valence-electron chi connectivity index (χ4n) is 17.2. The van der Waals surface area contributed by atoms with Gasteiger partial charge in [0.1, 0.15) is 78.5 Å². The zero-order valence-electron chi connectivity index (χ0n) is 85.0. The van der Waals surface area contributed by atoms with Crippen molar-refractivity contribution in [1.82, 2.24) is 59.2 Å². The Bertz CT molecular complexity index is 6030. The Kier molecular flexibility index (Phi) is 38.2. The fraction of sp³-hybridized carbons (Fsp3) is 0.509. The molecule has 3 aliphatic heterocycles. The summed E-state index contributed by atoms with van der Waals surface area (Å²) in [6.07, 6.45) is 24.7. The minimum Gasteiger partial charge on any atom is -0.348 e. The van der Waals surface area contributed by atoms with Gasteiger partial charge in [-0.05, 0) is 92.4 Å². The number of aromatic nitrogens is 12. The van der Waals surface area contributed by atoms with E-state index in [1.54, 1.807) is 36.5 Å². The molecule has 0 aliphatic carbocycles. The number of hydrogen-bond donors (Lipinski definition) is 0. The van der Waals surface area contributed by atoms with E-state index in [1.807, 2.05) is 109 Å². The molecule has 0 radical (unpaired) electrons. The van der Waals surface area contributed by atoms with Gasteiger partial charge < -0.3 is 14.7 Å². The molecule has 27 heteroatoms. The van der Waals surface area contributed by atoms with Gasteiger partial charge in [0.05, 0.1) is 5.69 Å². The van der Waals surface area contributed by atoms with Gasteiger partial charge in [0, 0.05) is 90.9 Å². The predicted octanol–water partition coefficient (Wildman–Crippen LogP) is 27.5. The molecule has 0 saturated carbocycles. The van der Waals surface area contributed by atoms with Crippen LogP contribution in [0.15, 0.2) is 164 Å². The Morgan fingerprint density at radius 1 is 0.372 bits per heavy atom. The first-order valence-corrected chi connectivity index (χ1v) is 52.4. The van der Waals surface area contributed by atoms with E-state index in [0.717, 1.165) is 155 Å². The zero-order valence-corrected chi connectivity index (χ0v) is 87.4. The summed E-state index contributed by atoms with van der Waals surface area (Å²) in [6.45, 7) is 51.1. The lowest BCUT2D eigenvalue weighted by atomic mass is 9.92. The van der Waals surface area contributed by atoms with Crippen molar-refractivity contribution < 1.29 is 14.4 Å². The Morgan fingerprint density at radius 3 is 1.06 bits per heavy atom. The van der Waals surface area contributed by atoms with Gasteiger partial charge in [-0.15, -0.1) is 15.3 Å². The molecule has 3 aliphatic rings. The lowest BCUT2D eigenvalue weighted by molar-refractivity contribution is 0.0933. The summed E-state index contributed by atoms with van der Waals surface area (Å²) in [4.78, 5) is 93.7. The molecule has 4 atom stereocenters. The molecule has 6 aromatic heterocycles. The maximum absolute atomic E-state index is 13.7. The van der Waals surface area contributed by atoms with E-state index in [1.165, 1.54) is 102 Å². The first kappa shape index (κ1) is 106. The molecule has 137 heavy (non-hydrogen) atoms. The Morgan fingerprint density at radius 2 is 0.693 bits per heavy atom. The highest BCUT2D eigenvalue weighted by atomic mass is 32.1. The van der Waals surface area contributed by atoms with Crippen molar-refractivity contribution in [2.45, 2.75) is 292 Å². The molecule has 4 unspecified atom stereocenters. The fourth-order valence-corrected chi connectivity index (χ4v) is 20.3. The first-order chi connectivity index (χ1) is 65.8. The molecule has 13 rings (SSSR count). The number of unbranched alkanes of at least 4 members (excludes halogenated alkanes) is 6. The van der Waals surface area contributed by atoms with Crippen LogP contribution in [0.2, 0.25) is 0 Å². The van der Waals surface area contributed by atoms with Crippen molar-refractivity contribution in [3.63, 3.8) is 0 Å². The molecular formula is C110H143N21O3S3. The number of thiazole rings is 3. The normalized spacial score (nSPS) is 15.1. The largest absolute Gasteiger partial charge is 0.348 e. The van der Waals surface area contributed by atoms with Crippen LogP contribution >= 0.6 is 34.0 Å². The molecule has 10 aromatic rings. The van der Waals surface area contributed by atoms with E-state index in [2.05, 4.69) is 192 Å². The van der Waals surface area contributed by atoms with Crippen LogP contribution in [-0.2, 0) is 18.3 Å². The number of benzene rings is 4. The number of carbonyl (C=O) groups is 3. The zero-order chi connectivity index (χ0) is 98.8. The molecule has 724 valence electrons. The second-order valence-corrected chi connectivity index (χ2v) is 42.8. The summed E-state index contributed by atoms with van der Waals surface area (Å²) < 4.78 is 3.75. The maximum atomic E-state index is 13.7. The van der Waals surface area contributed by atoms with Crippen molar-refractivity contribution in [1.29, 1.82) is 15.8 Å². The standard InChI is InChI=1S/C39H47N7OS.C36H57N7OS.C35H39N7OS/c1-6-10-18-28(8-3)25-45(26-29(9-4)19-11-7-2)39-42-34(30-20-14-12-15-21-30)37(48-39)41-33-27(5)32(24-40)38(47)46-36(33)43-35(44-46)31-22-16-13-17-23-31;1-12-16-18-25(14-3)22-42(23-26(15-4)19-17-13-2)34-40-30(36(9,10)11)32(45-34)39-29-24(5)27(21-37)33(44)43-31(29)38-28(41-43)20-35(6,7)8;1-6-8-20-41(21-9-7-2)34-39-29(25-18-14-11-15-19-25)32(44-34)38-30-28(24-16-12-10-13-17-24)26(23-36)33(43)42-31(30)37-27(40-42)22-35(3,4)5/h12-17,20-23,28-29H,6-11,18-19,25-26H2,1-5H3;25-26H,12-20,22-23H2,1-11H3;10-19H,6-9,20-22H2,1-5H3. The first-order valence-electron chi connectivity index (χ1n) is 50.0. The average Bonchev–Trinajstić information content (AvgIpc) is 1.64.